The third-order valence-corrected chi connectivity index (χ3v) is 4.68. The van der Waals surface area contributed by atoms with Crippen LogP contribution in [0.25, 0.3) is 0 Å². The van der Waals surface area contributed by atoms with Gasteiger partial charge in [-0.15, -0.1) is 0 Å². The lowest BCUT2D eigenvalue weighted by atomic mass is 10.2. The molecule has 0 saturated carbocycles. The van der Waals surface area contributed by atoms with Crippen molar-refractivity contribution in [3.63, 3.8) is 0 Å². The van der Waals surface area contributed by atoms with Crippen LogP contribution in [-0.4, -0.2) is 62.3 Å². The summed E-state index contributed by atoms with van der Waals surface area (Å²) in [6.07, 6.45) is 0. The van der Waals surface area contributed by atoms with Crippen LogP contribution in [0.4, 0.5) is 8.78 Å². The molecule has 1 aliphatic rings. The number of halogens is 2. The highest BCUT2D eigenvalue weighted by Crippen LogP contribution is 2.17. The van der Waals surface area contributed by atoms with E-state index >= 15 is 0 Å². The van der Waals surface area contributed by atoms with Crippen molar-refractivity contribution < 1.29 is 18.3 Å². The van der Waals surface area contributed by atoms with Crippen molar-refractivity contribution >= 4 is 0 Å². The van der Waals surface area contributed by atoms with Crippen LogP contribution >= 0.6 is 0 Å². The van der Waals surface area contributed by atoms with E-state index in [0.717, 1.165) is 44.5 Å². The topological polar surface area (TPSA) is 48.7 Å². The van der Waals surface area contributed by atoms with Crippen LogP contribution in [0.5, 0.6) is 11.5 Å². The van der Waals surface area contributed by atoms with E-state index in [1.165, 1.54) is 12.1 Å². The van der Waals surface area contributed by atoms with Gasteiger partial charge >= 0.3 is 0 Å². The summed E-state index contributed by atoms with van der Waals surface area (Å²) in [4.78, 5) is 4.60. The number of nitrogens with zero attached hydrogens (tertiary/aromatic N) is 3. The number of rotatable bonds is 8. The van der Waals surface area contributed by atoms with E-state index in [9.17, 15) is 8.78 Å². The Balaban J connectivity index is 1.30. The minimum atomic E-state index is -0.674. The zero-order chi connectivity index (χ0) is 19.8. The van der Waals surface area contributed by atoms with E-state index in [1.807, 2.05) is 0 Å². The molecule has 148 valence electrons. The average molecular weight is 387 g/mol. The largest absolute Gasteiger partial charge is 0.492 e. The zero-order valence-electron chi connectivity index (χ0n) is 15.6. The first-order valence-corrected chi connectivity index (χ1v) is 9.29. The zero-order valence-corrected chi connectivity index (χ0v) is 15.6. The van der Waals surface area contributed by atoms with Crippen LogP contribution in [0.1, 0.15) is 5.56 Å². The number of hydrogen-bond acceptors (Lipinski definition) is 5. The number of nitriles is 1. The van der Waals surface area contributed by atoms with Gasteiger partial charge in [0.1, 0.15) is 24.8 Å². The molecule has 0 spiro atoms. The summed E-state index contributed by atoms with van der Waals surface area (Å²) in [7, 11) is 0. The molecule has 2 aromatic rings. The fraction of sp³-hybridized carbons (Fsp3) is 0.381. The molecule has 2 aromatic carbocycles. The molecule has 0 atom stereocenters. The minimum Gasteiger partial charge on any atom is -0.492 e. The van der Waals surface area contributed by atoms with Gasteiger partial charge < -0.3 is 9.47 Å². The summed E-state index contributed by atoms with van der Waals surface area (Å²) < 4.78 is 37.6. The fourth-order valence-corrected chi connectivity index (χ4v) is 3.03. The highest BCUT2D eigenvalue weighted by molar-refractivity contribution is 5.34. The van der Waals surface area contributed by atoms with E-state index in [0.29, 0.717) is 25.3 Å². The summed E-state index contributed by atoms with van der Waals surface area (Å²) >= 11 is 0. The lowest BCUT2D eigenvalue weighted by Gasteiger charge is -2.34. The van der Waals surface area contributed by atoms with Gasteiger partial charge in [0.2, 0.25) is 0 Å². The van der Waals surface area contributed by atoms with Crippen LogP contribution in [0.2, 0.25) is 0 Å². The quantitative estimate of drug-likeness (QED) is 0.697. The standard InChI is InChI=1S/C21H23F2N3O2/c22-18-3-6-21(20(23)15-18)28-14-12-26-9-7-25(8-10-26)11-13-27-19-4-1-17(16-24)2-5-19/h1-6,15H,7-14H2. The van der Waals surface area contributed by atoms with Crippen molar-refractivity contribution in [1.29, 1.82) is 5.26 Å². The van der Waals surface area contributed by atoms with Crippen molar-refractivity contribution in [2.45, 2.75) is 0 Å². The summed E-state index contributed by atoms with van der Waals surface area (Å²) in [6, 6.07) is 12.5. The minimum absolute atomic E-state index is 0.0833. The van der Waals surface area contributed by atoms with E-state index in [-0.39, 0.29) is 5.75 Å². The smallest absolute Gasteiger partial charge is 0.167 e. The predicted octanol–water partition coefficient (Wildman–Crippen LogP) is 2.91. The second-order valence-corrected chi connectivity index (χ2v) is 6.59. The summed E-state index contributed by atoms with van der Waals surface area (Å²) in [5, 5.41) is 8.79. The Morgan fingerprint density at radius 3 is 2.04 bits per heavy atom. The molecule has 1 saturated heterocycles. The highest BCUT2D eigenvalue weighted by Gasteiger charge is 2.16. The molecule has 1 fully saturated rings. The summed E-state index contributed by atoms with van der Waals surface area (Å²) in [6.45, 7) is 6.18. The Morgan fingerprint density at radius 1 is 0.857 bits per heavy atom. The Kier molecular flexibility index (Phi) is 7.18. The molecule has 1 aliphatic heterocycles. The first kappa shape index (κ1) is 20.1. The van der Waals surface area contributed by atoms with Gasteiger partial charge in [0.15, 0.2) is 11.6 Å². The maximum Gasteiger partial charge on any atom is 0.167 e. The molecule has 3 rings (SSSR count). The Hall–Kier alpha value is -2.69. The summed E-state index contributed by atoms with van der Waals surface area (Å²) in [5.74, 6) is -0.431. The molecular weight excluding hydrogens is 364 g/mol. The Labute approximate surface area is 163 Å². The molecule has 5 nitrogen and oxygen atoms in total. The molecule has 0 radical (unpaired) electrons. The van der Waals surface area contributed by atoms with Crippen molar-refractivity contribution in [3.05, 3.63) is 59.7 Å². The molecule has 0 aromatic heterocycles. The van der Waals surface area contributed by atoms with Crippen molar-refractivity contribution in [2.75, 3.05) is 52.5 Å². The van der Waals surface area contributed by atoms with Crippen molar-refractivity contribution in [1.82, 2.24) is 9.80 Å². The van der Waals surface area contributed by atoms with E-state index in [2.05, 4.69) is 15.9 Å². The third-order valence-electron chi connectivity index (χ3n) is 4.68. The molecule has 0 amide bonds. The Bertz CT molecular complexity index is 800. The molecular formula is C21H23F2N3O2. The fourth-order valence-electron chi connectivity index (χ4n) is 3.03. The monoisotopic (exact) mass is 387 g/mol. The summed E-state index contributed by atoms with van der Waals surface area (Å²) in [5.41, 5.74) is 0.620. The molecule has 0 unspecified atom stereocenters. The molecule has 28 heavy (non-hydrogen) atoms. The van der Waals surface area contributed by atoms with Crippen LogP contribution in [0.3, 0.4) is 0 Å². The Morgan fingerprint density at radius 2 is 1.46 bits per heavy atom. The van der Waals surface area contributed by atoms with Gasteiger partial charge in [0, 0.05) is 45.3 Å². The van der Waals surface area contributed by atoms with Crippen LogP contribution in [-0.2, 0) is 0 Å². The first-order valence-electron chi connectivity index (χ1n) is 9.29. The predicted molar refractivity (Wildman–Crippen MR) is 101 cm³/mol. The molecule has 1 heterocycles. The first-order chi connectivity index (χ1) is 13.6. The van der Waals surface area contributed by atoms with Gasteiger partial charge in [0.05, 0.1) is 11.6 Å². The van der Waals surface area contributed by atoms with Gasteiger partial charge in [-0.2, -0.15) is 5.26 Å². The third kappa shape index (κ3) is 5.91. The van der Waals surface area contributed by atoms with Crippen LogP contribution in [0, 0.1) is 23.0 Å². The lowest BCUT2D eigenvalue weighted by Crippen LogP contribution is -2.48. The van der Waals surface area contributed by atoms with E-state index in [4.69, 9.17) is 14.7 Å². The second-order valence-electron chi connectivity index (χ2n) is 6.59. The highest BCUT2D eigenvalue weighted by atomic mass is 19.1. The second kappa shape index (κ2) is 10.0. The number of hydrogen-bond donors (Lipinski definition) is 0. The van der Waals surface area contributed by atoms with Gasteiger partial charge in [-0.05, 0) is 36.4 Å². The molecule has 7 heteroatoms. The lowest BCUT2D eigenvalue weighted by molar-refractivity contribution is 0.104. The maximum atomic E-state index is 13.5. The van der Waals surface area contributed by atoms with Crippen molar-refractivity contribution in [2.24, 2.45) is 0 Å². The van der Waals surface area contributed by atoms with E-state index < -0.39 is 11.6 Å². The van der Waals surface area contributed by atoms with Crippen LogP contribution in [0.15, 0.2) is 42.5 Å². The number of piperazine rings is 1. The molecule has 0 aliphatic carbocycles. The number of ether oxygens (including phenoxy) is 2. The SMILES string of the molecule is N#Cc1ccc(OCCN2CCN(CCOc3ccc(F)cc3F)CC2)cc1. The van der Waals surface area contributed by atoms with E-state index in [1.54, 1.807) is 24.3 Å². The van der Waals surface area contributed by atoms with Crippen LogP contribution < -0.4 is 9.47 Å². The molecule has 0 N–H and O–H groups in total. The van der Waals surface area contributed by atoms with Gasteiger partial charge in [-0.1, -0.05) is 0 Å². The normalized spacial score (nSPS) is 15.2. The maximum absolute atomic E-state index is 13.5. The van der Waals surface area contributed by atoms with Gasteiger partial charge in [0.25, 0.3) is 0 Å². The van der Waals surface area contributed by atoms with Gasteiger partial charge in [-0.3, -0.25) is 9.80 Å². The number of benzene rings is 2. The van der Waals surface area contributed by atoms with Crippen molar-refractivity contribution in [3.8, 4) is 17.6 Å². The average Bonchev–Trinajstić information content (AvgIpc) is 2.71. The molecule has 0 bridgehead atoms. The van der Waals surface area contributed by atoms with Gasteiger partial charge in [-0.25, -0.2) is 8.78 Å².